The van der Waals surface area contributed by atoms with Crippen LogP contribution in [0.15, 0.2) is 0 Å². The Balaban J connectivity index is 2.87. The molecule has 1 aromatic rings. The van der Waals surface area contributed by atoms with Crippen molar-refractivity contribution in [3.05, 3.63) is 11.6 Å². The summed E-state index contributed by atoms with van der Waals surface area (Å²) in [5.41, 5.74) is -0.266. The van der Waals surface area contributed by atoms with Crippen molar-refractivity contribution in [3.63, 3.8) is 0 Å². The molecule has 0 saturated carbocycles. The molecular formula is C14H28N4O. The van der Waals surface area contributed by atoms with Crippen LogP contribution in [0.4, 0.5) is 0 Å². The minimum atomic E-state index is -0.266. The fourth-order valence-electron chi connectivity index (χ4n) is 2.51. The molecular weight excluding hydrogens is 240 g/mol. The van der Waals surface area contributed by atoms with Crippen LogP contribution in [0.25, 0.3) is 0 Å². The summed E-state index contributed by atoms with van der Waals surface area (Å²) in [6, 6.07) is 0.221. The van der Waals surface area contributed by atoms with Crippen molar-refractivity contribution in [1.82, 2.24) is 20.1 Å². The predicted molar refractivity (Wildman–Crippen MR) is 77.3 cm³/mol. The summed E-state index contributed by atoms with van der Waals surface area (Å²) in [6.07, 6.45) is 2.57. The van der Waals surface area contributed by atoms with Gasteiger partial charge in [-0.3, -0.25) is 0 Å². The van der Waals surface area contributed by atoms with E-state index in [1.165, 1.54) is 0 Å². The Labute approximate surface area is 116 Å². The number of likely N-dealkylation sites (N-methyl/N-ethyl adjacent to an activating group) is 1. The molecule has 0 aliphatic heterocycles. The smallest absolute Gasteiger partial charge is 0.150 e. The summed E-state index contributed by atoms with van der Waals surface area (Å²) in [5, 5.41) is 17.5. The molecule has 2 unspecified atom stereocenters. The Bertz CT molecular complexity index is 391. The molecule has 110 valence electrons. The maximum Gasteiger partial charge on any atom is 0.150 e. The van der Waals surface area contributed by atoms with Gasteiger partial charge in [0.05, 0.1) is 12.6 Å². The highest BCUT2D eigenvalue weighted by Gasteiger charge is 2.27. The molecule has 0 saturated heterocycles. The van der Waals surface area contributed by atoms with Crippen LogP contribution in [0.5, 0.6) is 0 Å². The van der Waals surface area contributed by atoms with E-state index in [1.54, 1.807) is 0 Å². The number of nitrogens with zero attached hydrogens (tertiary/aromatic N) is 3. The number of nitrogens with one attached hydrogen (secondary N) is 1. The fourth-order valence-corrected chi connectivity index (χ4v) is 2.51. The van der Waals surface area contributed by atoms with E-state index in [4.69, 9.17) is 0 Å². The first-order valence-corrected chi connectivity index (χ1v) is 7.29. The van der Waals surface area contributed by atoms with Crippen LogP contribution in [-0.4, -0.2) is 38.6 Å². The highest BCUT2D eigenvalue weighted by atomic mass is 16.3. The maximum absolute atomic E-state index is 9.58. The highest BCUT2D eigenvalue weighted by molar-refractivity contribution is 4.96. The summed E-state index contributed by atoms with van der Waals surface area (Å²) in [6.45, 7) is 11.4. The molecule has 5 nitrogen and oxygen atoms in total. The Kier molecular flexibility index (Phi) is 5.94. The minimum Gasteiger partial charge on any atom is -0.394 e. The lowest BCUT2D eigenvalue weighted by molar-refractivity contribution is 0.150. The Hall–Kier alpha value is -0.940. The van der Waals surface area contributed by atoms with Gasteiger partial charge >= 0.3 is 0 Å². The molecule has 2 N–H and O–H groups in total. The van der Waals surface area contributed by atoms with Gasteiger partial charge in [-0.05, 0) is 26.8 Å². The topological polar surface area (TPSA) is 63.0 Å². The average molecular weight is 268 g/mol. The number of aryl methyl sites for hydroxylation is 2. The maximum atomic E-state index is 9.58. The van der Waals surface area contributed by atoms with Crippen molar-refractivity contribution in [2.24, 2.45) is 0 Å². The summed E-state index contributed by atoms with van der Waals surface area (Å²) in [5.74, 6) is 1.93. The third-order valence-electron chi connectivity index (χ3n) is 3.49. The van der Waals surface area contributed by atoms with Gasteiger partial charge in [0, 0.05) is 18.4 Å². The molecule has 0 spiro atoms. The number of hydrogen-bond acceptors (Lipinski definition) is 4. The van der Waals surface area contributed by atoms with Crippen molar-refractivity contribution in [2.45, 2.75) is 65.5 Å². The second kappa shape index (κ2) is 7.01. The molecule has 19 heavy (non-hydrogen) atoms. The first kappa shape index (κ1) is 16.1. The van der Waals surface area contributed by atoms with E-state index in [0.717, 1.165) is 37.5 Å². The van der Waals surface area contributed by atoms with Gasteiger partial charge in [-0.2, -0.15) is 5.10 Å². The lowest BCUT2D eigenvalue weighted by atomic mass is 9.94. The van der Waals surface area contributed by atoms with Gasteiger partial charge < -0.3 is 10.4 Å². The molecule has 0 aliphatic rings. The highest BCUT2D eigenvalue weighted by Crippen LogP contribution is 2.21. The van der Waals surface area contributed by atoms with Gasteiger partial charge in [0.1, 0.15) is 5.82 Å². The van der Waals surface area contributed by atoms with Gasteiger partial charge in [-0.1, -0.05) is 20.8 Å². The zero-order valence-corrected chi connectivity index (χ0v) is 12.9. The van der Waals surface area contributed by atoms with Crippen LogP contribution in [0.2, 0.25) is 0 Å². The quantitative estimate of drug-likeness (QED) is 0.753. The summed E-state index contributed by atoms with van der Waals surface area (Å²) in [4.78, 5) is 4.54. The van der Waals surface area contributed by atoms with E-state index >= 15 is 0 Å². The van der Waals surface area contributed by atoms with E-state index in [1.807, 2.05) is 4.68 Å². The van der Waals surface area contributed by atoms with E-state index in [0.29, 0.717) is 0 Å². The van der Waals surface area contributed by atoms with Gasteiger partial charge in [-0.25, -0.2) is 9.67 Å². The predicted octanol–water partition coefficient (Wildman–Crippen LogP) is 1.71. The van der Waals surface area contributed by atoms with Gasteiger partial charge in [0.15, 0.2) is 5.82 Å². The number of rotatable bonds is 8. The summed E-state index contributed by atoms with van der Waals surface area (Å²) >= 11 is 0. The largest absolute Gasteiger partial charge is 0.394 e. The van der Waals surface area contributed by atoms with Crippen LogP contribution in [0, 0.1) is 0 Å². The standard InChI is InChI=1S/C14H28N4O/c1-6-12-16-13(7-2)18(17-12)11(4)9-14(5,10-19)15-8-3/h11,15,19H,6-10H2,1-5H3. The number of aromatic nitrogens is 3. The molecule has 0 radical (unpaired) electrons. The van der Waals surface area contributed by atoms with Crippen LogP contribution < -0.4 is 5.32 Å². The molecule has 0 amide bonds. The van der Waals surface area contributed by atoms with Gasteiger partial charge in [0.2, 0.25) is 0 Å². The van der Waals surface area contributed by atoms with E-state index in [9.17, 15) is 5.11 Å². The number of aliphatic hydroxyl groups is 1. The van der Waals surface area contributed by atoms with Gasteiger partial charge in [-0.15, -0.1) is 0 Å². The molecule has 0 aromatic carbocycles. The third kappa shape index (κ3) is 4.01. The first-order chi connectivity index (χ1) is 8.99. The van der Waals surface area contributed by atoms with Crippen molar-refractivity contribution < 1.29 is 5.11 Å². The molecule has 0 bridgehead atoms. The van der Waals surface area contributed by atoms with Crippen molar-refractivity contribution in [1.29, 1.82) is 0 Å². The Morgan fingerprint density at radius 2 is 2.00 bits per heavy atom. The van der Waals surface area contributed by atoms with Crippen molar-refractivity contribution >= 4 is 0 Å². The third-order valence-corrected chi connectivity index (χ3v) is 3.49. The Morgan fingerprint density at radius 3 is 2.47 bits per heavy atom. The SMILES string of the molecule is CCNC(C)(CO)CC(C)n1nc(CC)nc1CC. The van der Waals surface area contributed by atoms with Crippen LogP contribution >= 0.6 is 0 Å². The Morgan fingerprint density at radius 1 is 1.32 bits per heavy atom. The zero-order chi connectivity index (χ0) is 14.5. The molecule has 0 aliphatic carbocycles. The van der Waals surface area contributed by atoms with Crippen molar-refractivity contribution in [2.75, 3.05) is 13.2 Å². The number of hydrogen-bond donors (Lipinski definition) is 2. The minimum absolute atomic E-state index is 0.127. The molecule has 1 rings (SSSR count). The summed E-state index contributed by atoms with van der Waals surface area (Å²) in [7, 11) is 0. The van der Waals surface area contributed by atoms with E-state index in [2.05, 4.69) is 50.0 Å². The summed E-state index contributed by atoms with van der Waals surface area (Å²) < 4.78 is 2.02. The van der Waals surface area contributed by atoms with Crippen LogP contribution in [0.1, 0.15) is 58.7 Å². The molecule has 5 heteroatoms. The van der Waals surface area contributed by atoms with Crippen LogP contribution in [-0.2, 0) is 12.8 Å². The van der Waals surface area contributed by atoms with Gasteiger partial charge in [0.25, 0.3) is 0 Å². The monoisotopic (exact) mass is 268 g/mol. The van der Waals surface area contributed by atoms with E-state index < -0.39 is 0 Å². The lowest BCUT2D eigenvalue weighted by Gasteiger charge is -2.31. The first-order valence-electron chi connectivity index (χ1n) is 7.29. The van der Waals surface area contributed by atoms with Crippen molar-refractivity contribution in [3.8, 4) is 0 Å². The zero-order valence-electron chi connectivity index (χ0n) is 12.9. The molecule has 1 aromatic heterocycles. The lowest BCUT2D eigenvalue weighted by Crippen LogP contribution is -2.47. The second-order valence-corrected chi connectivity index (χ2v) is 5.40. The normalized spacial score (nSPS) is 16.3. The molecule has 1 heterocycles. The molecule has 0 fully saturated rings. The fraction of sp³-hybridized carbons (Fsp3) is 0.857. The van der Waals surface area contributed by atoms with Crippen LogP contribution in [0.3, 0.4) is 0 Å². The molecule has 2 atom stereocenters. The second-order valence-electron chi connectivity index (χ2n) is 5.40. The van der Waals surface area contributed by atoms with E-state index in [-0.39, 0.29) is 18.2 Å². The number of aliphatic hydroxyl groups excluding tert-OH is 1. The average Bonchev–Trinajstić information content (AvgIpc) is 2.82.